The second-order valence-electron chi connectivity index (χ2n) is 4.13. The lowest BCUT2D eigenvalue weighted by Gasteiger charge is -2.01. The van der Waals surface area contributed by atoms with Crippen molar-refractivity contribution in [3.63, 3.8) is 0 Å². The molecule has 15 heavy (non-hydrogen) atoms. The van der Waals surface area contributed by atoms with E-state index in [1.54, 1.807) is 0 Å². The average Bonchev–Trinajstić information content (AvgIpc) is 2.78. The predicted molar refractivity (Wildman–Crippen MR) is 59.2 cm³/mol. The fraction of sp³-hybridized carbons (Fsp3) is 0.385. The molecule has 0 radical (unpaired) electrons. The van der Waals surface area contributed by atoms with Crippen LogP contribution in [0, 0.1) is 0 Å². The van der Waals surface area contributed by atoms with Crippen LogP contribution in [0.15, 0.2) is 17.7 Å². The molecule has 0 spiro atoms. The van der Waals surface area contributed by atoms with Gasteiger partial charge in [0.1, 0.15) is 0 Å². The summed E-state index contributed by atoms with van der Waals surface area (Å²) in [5.74, 6) is 1.79. The lowest BCUT2D eigenvalue weighted by Crippen LogP contribution is -1.93. The van der Waals surface area contributed by atoms with Crippen molar-refractivity contribution in [2.24, 2.45) is 0 Å². The molecule has 1 heterocycles. The molecule has 0 amide bonds. The SMILES string of the molecule is CCCC1=Cc2cc3c(cc2C1)OCO3. The highest BCUT2D eigenvalue weighted by atomic mass is 16.7. The van der Waals surface area contributed by atoms with Gasteiger partial charge in [0.25, 0.3) is 0 Å². The van der Waals surface area contributed by atoms with Crippen molar-refractivity contribution in [2.75, 3.05) is 6.79 Å². The number of allylic oxidation sites excluding steroid dienone is 1. The van der Waals surface area contributed by atoms with Crippen LogP contribution in [0.2, 0.25) is 0 Å². The molecule has 0 fully saturated rings. The summed E-state index contributed by atoms with van der Waals surface area (Å²) in [5.41, 5.74) is 4.21. The van der Waals surface area contributed by atoms with Crippen molar-refractivity contribution in [1.29, 1.82) is 0 Å². The number of benzene rings is 1. The molecule has 1 aromatic rings. The van der Waals surface area contributed by atoms with Crippen LogP contribution in [0.3, 0.4) is 0 Å². The minimum absolute atomic E-state index is 0.365. The van der Waals surface area contributed by atoms with Gasteiger partial charge in [0.05, 0.1) is 0 Å². The van der Waals surface area contributed by atoms with Gasteiger partial charge in [-0.15, -0.1) is 0 Å². The van der Waals surface area contributed by atoms with Gasteiger partial charge in [0.2, 0.25) is 6.79 Å². The van der Waals surface area contributed by atoms with Crippen LogP contribution in [0.1, 0.15) is 30.9 Å². The maximum absolute atomic E-state index is 5.37. The van der Waals surface area contributed by atoms with Gasteiger partial charge in [-0.25, -0.2) is 0 Å². The fourth-order valence-corrected chi connectivity index (χ4v) is 2.28. The Bertz CT molecular complexity index is 432. The zero-order valence-electron chi connectivity index (χ0n) is 8.88. The Balaban J connectivity index is 1.96. The first-order chi connectivity index (χ1) is 7.36. The number of fused-ring (bicyclic) bond motifs is 2. The Morgan fingerprint density at radius 2 is 2.00 bits per heavy atom. The van der Waals surface area contributed by atoms with Gasteiger partial charge in [-0.1, -0.05) is 25.0 Å². The van der Waals surface area contributed by atoms with Crippen molar-refractivity contribution in [1.82, 2.24) is 0 Å². The maximum atomic E-state index is 5.37. The summed E-state index contributed by atoms with van der Waals surface area (Å²) >= 11 is 0. The zero-order valence-corrected chi connectivity index (χ0v) is 8.88. The van der Waals surface area contributed by atoms with E-state index in [9.17, 15) is 0 Å². The van der Waals surface area contributed by atoms with Crippen LogP contribution in [0.25, 0.3) is 6.08 Å². The van der Waals surface area contributed by atoms with Gasteiger partial charge in [0, 0.05) is 0 Å². The summed E-state index contributed by atoms with van der Waals surface area (Å²) in [6.45, 7) is 2.58. The molecule has 1 aliphatic heterocycles. The lowest BCUT2D eigenvalue weighted by atomic mass is 10.1. The molecule has 2 nitrogen and oxygen atoms in total. The molecule has 2 heteroatoms. The van der Waals surface area contributed by atoms with Crippen molar-refractivity contribution < 1.29 is 9.47 Å². The first-order valence-corrected chi connectivity index (χ1v) is 5.49. The maximum Gasteiger partial charge on any atom is 0.231 e. The fourth-order valence-electron chi connectivity index (χ4n) is 2.28. The monoisotopic (exact) mass is 202 g/mol. The predicted octanol–water partition coefficient (Wildman–Crippen LogP) is 3.15. The number of hydrogen-bond donors (Lipinski definition) is 0. The van der Waals surface area contributed by atoms with Crippen molar-refractivity contribution in [3.05, 3.63) is 28.8 Å². The standard InChI is InChI=1S/C13H14O2/c1-2-3-9-4-10-6-12-13(15-8-14-12)7-11(10)5-9/h4,6-7H,2-3,5,8H2,1H3. The van der Waals surface area contributed by atoms with E-state index >= 15 is 0 Å². The van der Waals surface area contributed by atoms with E-state index < -0.39 is 0 Å². The first kappa shape index (κ1) is 8.84. The van der Waals surface area contributed by atoms with Crippen LogP contribution in [0.5, 0.6) is 11.5 Å². The largest absolute Gasteiger partial charge is 0.454 e. The molecular weight excluding hydrogens is 188 g/mol. The van der Waals surface area contributed by atoms with Gasteiger partial charge >= 0.3 is 0 Å². The Labute approximate surface area is 89.5 Å². The molecule has 0 bridgehead atoms. The molecule has 0 saturated heterocycles. The molecule has 2 aliphatic rings. The second-order valence-corrected chi connectivity index (χ2v) is 4.13. The van der Waals surface area contributed by atoms with E-state index in [4.69, 9.17) is 9.47 Å². The molecule has 1 aliphatic carbocycles. The van der Waals surface area contributed by atoms with E-state index in [2.05, 4.69) is 25.1 Å². The van der Waals surface area contributed by atoms with Gasteiger partial charge in [-0.3, -0.25) is 0 Å². The Hall–Kier alpha value is -1.44. The van der Waals surface area contributed by atoms with E-state index in [-0.39, 0.29) is 0 Å². The Kier molecular flexibility index (Phi) is 1.94. The highest BCUT2D eigenvalue weighted by Gasteiger charge is 2.19. The third-order valence-corrected chi connectivity index (χ3v) is 2.98. The summed E-state index contributed by atoms with van der Waals surface area (Å²) in [7, 11) is 0. The molecule has 0 aromatic heterocycles. The summed E-state index contributed by atoms with van der Waals surface area (Å²) in [6, 6.07) is 4.22. The lowest BCUT2D eigenvalue weighted by molar-refractivity contribution is 0.174. The van der Waals surface area contributed by atoms with E-state index in [0.29, 0.717) is 6.79 Å². The number of hydrogen-bond acceptors (Lipinski definition) is 2. The second kappa shape index (κ2) is 3.30. The average molecular weight is 202 g/mol. The van der Waals surface area contributed by atoms with Crippen LogP contribution in [0.4, 0.5) is 0 Å². The Morgan fingerprint density at radius 3 is 2.80 bits per heavy atom. The molecule has 0 N–H and O–H groups in total. The van der Waals surface area contributed by atoms with Crippen LogP contribution >= 0.6 is 0 Å². The highest BCUT2D eigenvalue weighted by molar-refractivity contribution is 5.68. The summed E-state index contributed by atoms with van der Waals surface area (Å²) in [4.78, 5) is 0. The third-order valence-electron chi connectivity index (χ3n) is 2.98. The molecule has 0 unspecified atom stereocenters. The van der Waals surface area contributed by atoms with Crippen molar-refractivity contribution >= 4 is 6.08 Å². The topological polar surface area (TPSA) is 18.5 Å². The Morgan fingerprint density at radius 1 is 1.20 bits per heavy atom. The van der Waals surface area contributed by atoms with Gasteiger partial charge in [-0.05, 0) is 36.1 Å². The van der Waals surface area contributed by atoms with Crippen molar-refractivity contribution in [2.45, 2.75) is 26.2 Å². The zero-order chi connectivity index (χ0) is 10.3. The molecular formula is C13H14O2. The first-order valence-electron chi connectivity index (χ1n) is 5.49. The molecule has 1 aromatic carbocycles. The molecule has 0 saturated carbocycles. The van der Waals surface area contributed by atoms with Crippen molar-refractivity contribution in [3.8, 4) is 11.5 Å². The quantitative estimate of drug-likeness (QED) is 0.733. The van der Waals surface area contributed by atoms with Gasteiger partial charge < -0.3 is 9.47 Å². The summed E-state index contributed by atoms with van der Waals surface area (Å²) in [5, 5.41) is 0. The highest BCUT2D eigenvalue weighted by Crippen LogP contribution is 2.39. The van der Waals surface area contributed by atoms with Crippen LogP contribution in [-0.2, 0) is 6.42 Å². The van der Waals surface area contributed by atoms with Crippen LogP contribution < -0.4 is 9.47 Å². The van der Waals surface area contributed by atoms with Crippen LogP contribution in [-0.4, -0.2) is 6.79 Å². The molecule has 0 atom stereocenters. The van der Waals surface area contributed by atoms with E-state index in [1.807, 2.05) is 0 Å². The smallest absolute Gasteiger partial charge is 0.231 e. The van der Waals surface area contributed by atoms with E-state index in [0.717, 1.165) is 17.9 Å². The van der Waals surface area contributed by atoms with E-state index in [1.165, 1.54) is 29.5 Å². The summed E-state index contributed by atoms with van der Waals surface area (Å²) < 4.78 is 10.7. The molecule has 78 valence electrons. The minimum Gasteiger partial charge on any atom is -0.454 e. The van der Waals surface area contributed by atoms with Gasteiger partial charge in [0.15, 0.2) is 11.5 Å². The number of ether oxygens (including phenoxy) is 2. The van der Waals surface area contributed by atoms with Gasteiger partial charge in [-0.2, -0.15) is 0 Å². The molecule has 3 rings (SSSR count). The number of rotatable bonds is 2. The summed E-state index contributed by atoms with van der Waals surface area (Å²) in [6.07, 6.45) is 5.79. The third kappa shape index (κ3) is 1.41. The minimum atomic E-state index is 0.365. The normalized spacial score (nSPS) is 16.5.